The van der Waals surface area contributed by atoms with Crippen LogP contribution in [0.3, 0.4) is 0 Å². The van der Waals surface area contributed by atoms with Gasteiger partial charge in [-0.1, -0.05) is 73.1 Å². The van der Waals surface area contributed by atoms with E-state index in [0.29, 0.717) is 16.1 Å². The van der Waals surface area contributed by atoms with E-state index in [1.807, 2.05) is 24.3 Å². The van der Waals surface area contributed by atoms with Crippen LogP contribution in [0.15, 0.2) is 78.9 Å². The van der Waals surface area contributed by atoms with E-state index in [4.69, 9.17) is 16.3 Å². The molecule has 0 aromatic heterocycles. The van der Waals surface area contributed by atoms with Crippen molar-refractivity contribution in [2.45, 2.75) is 32.2 Å². The summed E-state index contributed by atoms with van der Waals surface area (Å²) in [5.41, 5.74) is 1.93. The zero-order chi connectivity index (χ0) is 24.9. The summed E-state index contributed by atoms with van der Waals surface area (Å²) in [6, 6.07) is 18.7. The molecule has 3 aromatic carbocycles. The Bertz CT molecular complexity index is 1250. The summed E-state index contributed by atoms with van der Waals surface area (Å²) < 4.78 is 5.68. The predicted octanol–water partition coefficient (Wildman–Crippen LogP) is 6.33. The number of carbonyl (C=O) groups is 2. The Morgan fingerprint density at radius 2 is 1.63 bits per heavy atom. The molecule has 1 unspecified atom stereocenters. The number of ether oxygens (including phenoxy) is 1. The van der Waals surface area contributed by atoms with Crippen molar-refractivity contribution < 1.29 is 19.4 Å². The van der Waals surface area contributed by atoms with E-state index in [2.05, 4.69) is 11.5 Å². The number of piperidine rings is 1. The maximum Gasteiger partial charge on any atom is 0.338 e. The average Bonchev–Trinajstić information content (AvgIpc) is 2.87. The Hall–Kier alpha value is -3.41. The van der Waals surface area contributed by atoms with Gasteiger partial charge < -0.3 is 9.84 Å². The number of nitrogens with zero attached hydrogens (tertiary/aromatic N) is 1. The predicted molar refractivity (Wildman–Crippen MR) is 137 cm³/mol. The summed E-state index contributed by atoms with van der Waals surface area (Å²) in [6.45, 7) is 6.79. The number of halogens is 1. The molecule has 0 spiro atoms. The minimum Gasteiger partial charge on any atom is -0.507 e. The quantitative estimate of drug-likeness (QED) is 0.182. The van der Waals surface area contributed by atoms with Crippen LogP contribution in [0, 0.1) is 0 Å². The second-order valence-electron chi connectivity index (χ2n) is 8.76. The molecular formula is C29H28ClNO4. The second-order valence-corrected chi connectivity index (χ2v) is 9.17. The number of likely N-dealkylation sites (tertiary alicyclic amines) is 1. The molecule has 0 saturated carbocycles. The van der Waals surface area contributed by atoms with Crippen molar-refractivity contribution in [1.29, 1.82) is 0 Å². The first-order valence-corrected chi connectivity index (χ1v) is 12.1. The largest absolute Gasteiger partial charge is 0.507 e. The number of phenolic OH excluding ortho intramolecular Hbond substituents is 1. The highest BCUT2D eigenvalue weighted by molar-refractivity contribution is 6.31. The molecule has 180 valence electrons. The van der Waals surface area contributed by atoms with Gasteiger partial charge in [0.2, 0.25) is 0 Å². The molecular weight excluding hydrogens is 462 g/mol. The zero-order valence-electron chi connectivity index (χ0n) is 19.7. The van der Waals surface area contributed by atoms with Gasteiger partial charge in [0.25, 0.3) is 0 Å². The van der Waals surface area contributed by atoms with Crippen LogP contribution in [0.2, 0.25) is 5.02 Å². The van der Waals surface area contributed by atoms with Gasteiger partial charge in [-0.15, -0.1) is 0 Å². The van der Waals surface area contributed by atoms with Crippen LogP contribution in [0.5, 0.6) is 11.5 Å². The molecule has 0 bridgehead atoms. The first-order chi connectivity index (χ1) is 16.9. The van der Waals surface area contributed by atoms with E-state index >= 15 is 0 Å². The van der Waals surface area contributed by atoms with Gasteiger partial charge in [-0.2, -0.15) is 0 Å². The molecule has 1 aliphatic rings. The first kappa shape index (κ1) is 24.7. The molecule has 5 nitrogen and oxygen atoms in total. The van der Waals surface area contributed by atoms with Crippen LogP contribution in [0.1, 0.15) is 59.3 Å². The third kappa shape index (κ3) is 5.31. The van der Waals surface area contributed by atoms with Crippen LogP contribution in [0.4, 0.5) is 0 Å². The van der Waals surface area contributed by atoms with Crippen LogP contribution < -0.4 is 4.74 Å². The van der Waals surface area contributed by atoms with Crippen molar-refractivity contribution >= 4 is 23.4 Å². The smallest absolute Gasteiger partial charge is 0.338 e. The molecule has 0 aliphatic carbocycles. The maximum atomic E-state index is 13.3. The fraction of sp³-hybridized carbons (Fsp3) is 0.241. The van der Waals surface area contributed by atoms with Crippen molar-refractivity contribution in [3.8, 4) is 11.5 Å². The van der Waals surface area contributed by atoms with Crippen molar-refractivity contribution in [3.63, 3.8) is 0 Å². The Kier molecular flexibility index (Phi) is 7.69. The molecule has 1 heterocycles. The van der Waals surface area contributed by atoms with Crippen LogP contribution >= 0.6 is 11.6 Å². The van der Waals surface area contributed by atoms with E-state index in [-0.39, 0.29) is 28.4 Å². The number of carbonyl (C=O) groups excluding carboxylic acids is 2. The van der Waals surface area contributed by atoms with Gasteiger partial charge in [0.1, 0.15) is 11.5 Å². The number of hydrogen-bond acceptors (Lipinski definition) is 5. The maximum absolute atomic E-state index is 13.3. The molecule has 6 heteroatoms. The van der Waals surface area contributed by atoms with Gasteiger partial charge in [0.05, 0.1) is 17.2 Å². The standard InChI is InChI=1S/C29H28ClNO4/c1-19(2)29(34)35-24-16-15-22(27(32)20-11-5-3-6-12-20)28(33)25(24)26(31-17-9-4-10-18-31)21-13-7-8-14-23(21)30/h3,5-8,11-16,26,33H,1,4,9-10,17-18H2,2H3. The summed E-state index contributed by atoms with van der Waals surface area (Å²) in [6.07, 6.45) is 3.10. The molecule has 1 fully saturated rings. The van der Waals surface area contributed by atoms with E-state index in [0.717, 1.165) is 37.9 Å². The normalized spacial score (nSPS) is 14.8. The molecule has 0 radical (unpaired) electrons. The molecule has 0 amide bonds. The van der Waals surface area contributed by atoms with Gasteiger partial charge in [0, 0.05) is 16.2 Å². The fourth-order valence-electron chi connectivity index (χ4n) is 4.47. The molecule has 1 N–H and O–H groups in total. The first-order valence-electron chi connectivity index (χ1n) is 11.7. The SMILES string of the molecule is C=C(C)C(=O)Oc1ccc(C(=O)c2ccccc2)c(O)c1C(c1ccccc1Cl)N1CCCCC1. The molecule has 3 aromatic rings. The number of phenols is 1. The lowest BCUT2D eigenvalue weighted by Crippen LogP contribution is -2.35. The monoisotopic (exact) mass is 489 g/mol. The highest BCUT2D eigenvalue weighted by Gasteiger charge is 2.33. The lowest BCUT2D eigenvalue weighted by Gasteiger charge is -2.36. The van der Waals surface area contributed by atoms with E-state index in [1.165, 1.54) is 6.07 Å². The van der Waals surface area contributed by atoms with Crippen LogP contribution in [-0.2, 0) is 4.79 Å². The van der Waals surface area contributed by atoms with Crippen molar-refractivity contribution in [2.75, 3.05) is 13.1 Å². The third-order valence-electron chi connectivity index (χ3n) is 6.24. The van der Waals surface area contributed by atoms with E-state index in [9.17, 15) is 14.7 Å². The number of benzene rings is 3. The minimum atomic E-state index is -0.607. The molecule has 1 aliphatic heterocycles. The number of aromatic hydroxyl groups is 1. The topological polar surface area (TPSA) is 66.8 Å². The Balaban J connectivity index is 1.94. The Morgan fingerprint density at radius 3 is 2.29 bits per heavy atom. The van der Waals surface area contributed by atoms with Crippen LogP contribution in [-0.4, -0.2) is 34.8 Å². The molecule has 1 saturated heterocycles. The fourth-order valence-corrected chi connectivity index (χ4v) is 4.71. The number of hydrogen-bond donors (Lipinski definition) is 1. The summed E-state index contributed by atoms with van der Waals surface area (Å²) in [5.74, 6) is -0.972. The molecule has 4 rings (SSSR count). The Labute approximate surface area is 210 Å². The van der Waals surface area contributed by atoms with E-state index < -0.39 is 12.0 Å². The highest BCUT2D eigenvalue weighted by atomic mass is 35.5. The summed E-state index contributed by atoms with van der Waals surface area (Å²) in [7, 11) is 0. The number of esters is 1. The van der Waals surface area contributed by atoms with Crippen molar-refractivity contribution in [1.82, 2.24) is 4.90 Å². The van der Waals surface area contributed by atoms with E-state index in [1.54, 1.807) is 43.3 Å². The molecule has 1 atom stereocenters. The van der Waals surface area contributed by atoms with Gasteiger partial charge in [-0.25, -0.2) is 4.79 Å². The van der Waals surface area contributed by atoms with Gasteiger partial charge in [-0.05, 0) is 56.6 Å². The summed E-state index contributed by atoms with van der Waals surface area (Å²) >= 11 is 6.65. The minimum absolute atomic E-state index is 0.135. The van der Waals surface area contributed by atoms with Gasteiger partial charge in [-0.3, -0.25) is 9.69 Å². The van der Waals surface area contributed by atoms with Crippen molar-refractivity contribution in [3.05, 3.63) is 106 Å². The highest BCUT2D eigenvalue weighted by Crippen LogP contribution is 2.45. The van der Waals surface area contributed by atoms with Gasteiger partial charge in [0.15, 0.2) is 5.78 Å². The third-order valence-corrected chi connectivity index (χ3v) is 6.58. The Morgan fingerprint density at radius 1 is 0.971 bits per heavy atom. The van der Waals surface area contributed by atoms with Gasteiger partial charge >= 0.3 is 5.97 Å². The van der Waals surface area contributed by atoms with Crippen molar-refractivity contribution in [2.24, 2.45) is 0 Å². The lowest BCUT2D eigenvalue weighted by molar-refractivity contribution is -0.130. The average molecular weight is 490 g/mol. The zero-order valence-corrected chi connectivity index (χ0v) is 20.4. The summed E-state index contributed by atoms with van der Waals surface area (Å²) in [4.78, 5) is 28.1. The molecule has 35 heavy (non-hydrogen) atoms. The second kappa shape index (κ2) is 10.9. The van der Waals surface area contributed by atoms with Crippen LogP contribution in [0.25, 0.3) is 0 Å². The lowest BCUT2D eigenvalue weighted by atomic mass is 9.90. The number of rotatable bonds is 7. The number of ketones is 1. The summed E-state index contributed by atoms with van der Waals surface area (Å²) in [5, 5.41) is 12.1.